The fourth-order valence-electron chi connectivity index (χ4n) is 2.01. The summed E-state index contributed by atoms with van der Waals surface area (Å²) in [5.74, 6) is 0. The number of thiazole rings is 1. The van der Waals surface area contributed by atoms with Crippen molar-refractivity contribution in [2.75, 3.05) is 5.32 Å². The van der Waals surface area contributed by atoms with E-state index in [1.165, 1.54) is 16.7 Å². The molecule has 3 heteroatoms. The molecular formula is C13H16N2S. The summed E-state index contributed by atoms with van der Waals surface area (Å²) in [5.41, 5.74) is 2.86. The van der Waals surface area contributed by atoms with Gasteiger partial charge in [0.25, 0.3) is 0 Å². The molecule has 1 aliphatic rings. The van der Waals surface area contributed by atoms with Crippen molar-refractivity contribution in [3.8, 4) is 0 Å². The van der Waals surface area contributed by atoms with Crippen molar-refractivity contribution in [3.63, 3.8) is 0 Å². The quantitative estimate of drug-likeness (QED) is 0.851. The second-order valence-corrected chi connectivity index (χ2v) is 6.36. The number of anilines is 1. The molecule has 0 radical (unpaired) electrons. The zero-order valence-electron chi connectivity index (χ0n) is 9.87. The lowest BCUT2D eigenvalue weighted by Gasteiger charge is -2.03. The Hall–Kier alpha value is -1.09. The lowest BCUT2D eigenvalue weighted by atomic mass is 10.2. The number of nitrogens with zero attached hydrogens (tertiary/aromatic N) is 1. The summed E-state index contributed by atoms with van der Waals surface area (Å²) in [6.45, 7) is 6.71. The Morgan fingerprint density at radius 1 is 1.44 bits per heavy atom. The summed E-state index contributed by atoms with van der Waals surface area (Å²) >= 11 is 1.76. The topological polar surface area (TPSA) is 24.9 Å². The Bertz CT molecular complexity index is 542. The van der Waals surface area contributed by atoms with Crippen LogP contribution in [0.5, 0.6) is 0 Å². The van der Waals surface area contributed by atoms with E-state index in [0.717, 1.165) is 10.6 Å². The van der Waals surface area contributed by atoms with E-state index in [4.69, 9.17) is 0 Å². The number of hydrogen-bond donors (Lipinski definition) is 1. The molecule has 1 aromatic carbocycles. The van der Waals surface area contributed by atoms with Gasteiger partial charge in [0.15, 0.2) is 5.13 Å². The lowest BCUT2D eigenvalue weighted by molar-refractivity contribution is 0.630. The summed E-state index contributed by atoms with van der Waals surface area (Å²) in [6, 6.07) is 6.96. The standard InChI is InChI=1S/C13H16N2S/c1-8-5-4-6-9-11(8)15-12(16-9)14-10-7-13(10,2)3/h4-6,10H,7H2,1-3H3,(H,14,15). The van der Waals surface area contributed by atoms with Gasteiger partial charge in [0.1, 0.15) is 0 Å². The second-order valence-electron chi connectivity index (χ2n) is 5.33. The van der Waals surface area contributed by atoms with Gasteiger partial charge in [-0.2, -0.15) is 0 Å². The summed E-state index contributed by atoms with van der Waals surface area (Å²) in [6.07, 6.45) is 1.25. The minimum Gasteiger partial charge on any atom is -0.358 e. The van der Waals surface area contributed by atoms with Crippen LogP contribution in [0.15, 0.2) is 18.2 Å². The highest BCUT2D eigenvalue weighted by atomic mass is 32.1. The second kappa shape index (κ2) is 3.20. The van der Waals surface area contributed by atoms with E-state index < -0.39 is 0 Å². The third-order valence-corrected chi connectivity index (χ3v) is 4.38. The lowest BCUT2D eigenvalue weighted by Crippen LogP contribution is -2.07. The molecule has 1 atom stereocenters. The summed E-state index contributed by atoms with van der Waals surface area (Å²) in [7, 11) is 0. The van der Waals surface area contributed by atoms with Gasteiger partial charge >= 0.3 is 0 Å². The average Bonchev–Trinajstić information content (AvgIpc) is 2.64. The van der Waals surface area contributed by atoms with Gasteiger partial charge in [-0.25, -0.2) is 4.98 Å². The number of aromatic nitrogens is 1. The van der Waals surface area contributed by atoms with Crippen molar-refractivity contribution in [3.05, 3.63) is 23.8 Å². The van der Waals surface area contributed by atoms with Gasteiger partial charge in [-0.1, -0.05) is 37.3 Å². The maximum atomic E-state index is 4.67. The first-order chi connectivity index (χ1) is 7.56. The Kier molecular flexibility index (Phi) is 2.02. The number of hydrogen-bond acceptors (Lipinski definition) is 3. The van der Waals surface area contributed by atoms with Crippen LogP contribution in [0.2, 0.25) is 0 Å². The summed E-state index contributed by atoms with van der Waals surface area (Å²) < 4.78 is 1.28. The zero-order chi connectivity index (χ0) is 11.3. The number of rotatable bonds is 2. The van der Waals surface area contributed by atoms with Gasteiger partial charge in [0.05, 0.1) is 10.2 Å². The first-order valence-electron chi connectivity index (χ1n) is 5.69. The van der Waals surface area contributed by atoms with E-state index >= 15 is 0 Å². The van der Waals surface area contributed by atoms with Crippen LogP contribution in [-0.2, 0) is 0 Å². The van der Waals surface area contributed by atoms with Crippen LogP contribution in [0, 0.1) is 12.3 Å². The first-order valence-corrected chi connectivity index (χ1v) is 6.51. The van der Waals surface area contributed by atoms with Gasteiger partial charge in [-0.3, -0.25) is 0 Å². The molecule has 1 N–H and O–H groups in total. The van der Waals surface area contributed by atoms with Gasteiger partial charge in [-0.05, 0) is 30.4 Å². The number of fused-ring (bicyclic) bond motifs is 1. The minimum atomic E-state index is 0.451. The summed E-state index contributed by atoms with van der Waals surface area (Å²) in [4.78, 5) is 4.67. The number of para-hydroxylation sites is 1. The van der Waals surface area contributed by atoms with Crippen molar-refractivity contribution in [2.45, 2.75) is 33.2 Å². The SMILES string of the molecule is Cc1cccc2sc(NC3CC3(C)C)nc12. The highest BCUT2D eigenvalue weighted by Gasteiger charge is 2.46. The molecule has 0 amide bonds. The van der Waals surface area contributed by atoms with Gasteiger partial charge in [0.2, 0.25) is 0 Å². The van der Waals surface area contributed by atoms with E-state index in [-0.39, 0.29) is 0 Å². The molecule has 1 fully saturated rings. The molecule has 0 saturated heterocycles. The minimum absolute atomic E-state index is 0.451. The molecule has 16 heavy (non-hydrogen) atoms. The molecule has 1 heterocycles. The smallest absolute Gasteiger partial charge is 0.184 e. The van der Waals surface area contributed by atoms with Crippen LogP contribution in [0.1, 0.15) is 25.8 Å². The number of benzene rings is 1. The number of aryl methyl sites for hydroxylation is 1. The van der Waals surface area contributed by atoms with Crippen LogP contribution >= 0.6 is 11.3 Å². The maximum absolute atomic E-state index is 4.67. The fourth-order valence-corrected chi connectivity index (χ4v) is 3.01. The van der Waals surface area contributed by atoms with Crippen molar-refractivity contribution in [1.29, 1.82) is 0 Å². The Labute approximate surface area is 99.7 Å². The highest BCUT2D eigenvalue weighted by Crippen LogP contribution is 2.47. The van der Waals surface area contributed by atoms with E-state index in [9.17, 15) is 0 Å². The third-order valence-electron chi connectivity index (χ3n) is 3.43. The molecule has 2 nitrogen and oxygen atoms in total. The maximum Gasteiger partial charge on any atom is 0.184 e. The van der Waals surface area contributed by atoms with Crippen molar-refractivity contribution < 1.29 is 0 Å². The monoisotopic (exact) mass is 232 g/mol. The Morgan fingerprint density at radius 3 is 2.81 bits per heavy atom. The number of nitrogens with one attached hydrogen (secondary N) is 1. The van der Waals surface area contributed by atoms with Crippen molar-refractivity contribution in [2.24, 2.45) is 5.41 Å². The fraction of sp³-hybridized carbons (Fsp3) is 0.462. The molecule has 0 aliphatic heterocycles. The van der Waals surface area contributed by atoms with Gasteiger partial charge in [-0.15, -0.1) is 0 Å². The largest absolute Gasteiger partial charge is 0.358 e. The molecular weight excluding hydrogens is 216 g/mol. The van der Waals surface area contributed by atoms with Crippen LogP contribution in [0.25, 0.3) is 10.2 Å². The van der Waals surface area contributed by atoms with E-state index in [0.29, 0.717) is 11.5 Å². The molecule has 1 saturated carbocycles. The predicted octanol–water partition coefficient (Wildman–Crippen LogP) is 3.82. The molecule has 1 aromatic heterocycles. The normalized spacial score (nSPS) is 22.3. The van der Waals surface area contributed by atoms with E-state index in [2.05, 4.69) is 49.3 Å². The molecule has 2 aromatic rings. The van der Waals surface area contributed by atoms with Crippen LogP contribution in [0.4, 0.5) is 5.13 Å². The molecule has 84 valence electrons. The highest BCUT2D eigenvalue weighted by molar-refractivity contribution is 7.22. The van der Waals surface area contributed by atoms with Crippen LogP contribution < -0.4 is 5.32 Å². The Balaban J connectivity index is 1.91. The summed E-state index contributed by atoms with van der Waals surface area (Å²) in [5, 5.41) is 4.60. The zero-order valence-corrected chi connectivity index (χ0v) is 10.7. The molecule has 1 unspecified atom stereocenters. The van der Waals surface area contributed by atoms with Crippen molar-refractivity contribution in [1.82, 2.24) is 4.98 Å². The molecule has 3 rings (SSSR count). The van der Waals surface area contributed by atoms with E-state index in [1.807, 2.05) is 0 Å². The Morgan fingerprint density at radius 2 is 2.19 bits per heavy atom. The molecule has 1 aliphatic carbocycles. The van der Waals surface area contributed by atoms with Gasteiger partial charge < -0.3 is 5.32 Å². The van der Waals surface area contributed by atoms with Crippen LogP contribution in [0.3, 0.4) is 0 Å². The first kappa shape index (κ1) is 10.1. The van der Waals surface area contributed by atoms with E-state index in [1.54, 1.807) is 11.3 Å². The van der Waals surface area contributed by atoms with Crippen molar-refractivity contribution >= 4 is 26.7 Å². The third kappa shape index (κ3) is 1.59. The molecule has 0 spiro atoms. The van der Waals surface area contributed by atoms with Gasteiger partial charge in [0, 0.05) is 6.04 Å². The molecule has 0 bridgehead atoms. The average molecular weight is 232 g/mol. The van der Waals surface area contributed by atoms with Crippen LogP contribution in [-0.4, -0.2) is 11.0 Å². The predicted molar refractivity (Wildman–Crippen MR) is 70.2 cm³/mol.